The number of hydrogen-bond acceptors (Lipinski definition) is 5. The van der Waals surface area contributed by atoms with Gasteiger partial charge in [-0.05, 0) is 54.8 Å². The Hall–Kier alpha value is -2.83. The van der Waals surface area contributed by atoms with Crippen molar-refractivity contribution in [1.82, 2.24) is 4.90 Å². The van der Waals surface area contributed by atoms with Crippen LogP contribution >= 0.6 is 11.6 Å². The number of hydrogen-bond donors (Lipinski definition) is 1. The summed E-state index contributed by atoms with van der Waals surface area (Å²) in [6.45, 7) is 0.962. The number of aliphatic hydroxyl groups excluding tert-OH is 1. The average molecular weight is 441 g/mol. The summed E-state index contributed by atoms with van der Waals surface area (Å²) < 4.78 is 5.72. The molecule has 2 atom stereocenters. The van der Waals surface area contributed by atoms with Crippen LogP contribution in [0.25, 0.3) is 5.76 Å². The fraction of sp³-hybridized carbons (Fsp3) is 0.333. The molecule has 162 valence electrons. The van der Waals surface area contributed by atoms with E-state index in [0.717, 1.165) is 24.1 Å². The third-order valence-electron chi connectivity index (χ3n) is 5.81. The molecule has 4 rings (SSSR count). The van der Waals surface area contributed by atoms with Gasteiger partial charge in [-0.25, -0.2) is 0 Å². The Labute approximate surface area is 186 Å². The van der Waals surface area contributed by atoms with Crippen LogP contribution in [-0.2, 0) is 14.3 Å². The summed E-state index contributed by atoms with van der Waals surface area (Å²) in [7, 11) is 3.89. The molecule has 0 saturated carbocycles. The predicted molar refractivity (Wildman–Crippen MR) is 120 cm³/mol. The lowest BCUT2D eigenvalue weighted by atomic mass is 9.95. The fourth-order valence-electron chi connectivity index (χ4n) is 4.14. The molecule has 1 amide bonds. The number of anilines is 1. The molecular formula is C24H25ClN2O4. The van der Waals surface area contributed by atoms with Crippen molar-refractivity contribution in [3.05, 3.63) is 70.3 Å². The quantitative estimate of drug-likeness (QED) is 0.432. The Bertz CT molecular complexity index is 1010. The topological polar surface area (TPSA) is 70.1 Å². The Kier molecular flexibility index (Phi) is 6.03. The van der Waals surface area contributed by atoms with Gasteiger partial charge in [0.25, 0.3) is 11.7 Å². The van der Waals surface area contributed by atoms with Gasteiger partial charge in [0.15, 0.2) is 0 Å². The number of ketones is 1. The summed E-state index contributed by atoms with van der Waals surface area (Å²) in [5.41, 5.74) is 2.29. The molecule has 2 heterocycles. The zero-order chi connectivity index (χ0) is 22.1. The summed E-state index contributed by atoms with van der Waals surface area (Å²) in [4.78, 5) is 29.5. The summed E-state index contributed by atoms with van der Waals surface area (Å²) >= 11 is 5.97. The van der Waals surface area contributed by atoms with E-state index >= 15 is 0 Å². The van der Waals surface area contributed by atoms with E-state index in [1.165, 1.54) is 4.90 Å². The van der Waals surface area contributed by atoms with Crippen molar-refractivity contribution in [2.24, 2.45) is 0 Å². The molecule has 2 saturated heterocycles. The molecule has 0 radical (unpaired) electrons. The van der Waals surface area contributed by atoms with Crippen LogP contribution in [0.15, 0.2) is 54.1 Å². The van der Waals surface area contributed by atoms with Crippen molar-refractivity contribution < 1.29 is 19.4 Å². The molecule has 31 heavy (non-hydrogen) atoms. The molecule has 0 aromatic heterocycles. The van der Waals surface area contributed by atoms with E-state index in [4.69, 9.17) is 16.3 Å². The molecule has 7 heteroatoms. The molecule has 2 fully saturated rings. The third-order valence-corrected chi connectivity index (χ3v) is 6.06. The third kappa shape index (κ3) is 4.18. The van der Waals surface area contributed by atoms with Gasteiger partial charge in [-0.3, -0.25) is 9.59 Å². The predicted octanol–water partition coefficient (Wildman–Crippen LogP) is 4.01. The number of carbonyl (C=O) groups is 2. The monoisotopic (exact) mass is 440 g/mol. The number of aliphatic hydroxyl groups is 1. The van der Waals surface area contributed by atoms with Crippen molar-refractivity contribution in [3.63, 3.8) is 0 Å². The lowest BCUT2D eigenvalue weighted by molar-refractivity contribution is -0.140. The highest BCUT2D eigenvalue weighted by Gasteiger charge is 2.47. The maximum Gasteiger partial charge on any atom is 0.295 e. The van der Waals surface area contributed by atoms with Gasteiger partial charge in [0.05, 0.1) is 17.7 Å². The van der Waals surface area contributed by atoms with Crippen molar-refractivity contribution in [2.75, 3.05) is 32.1 Å². The molecule has 0 aliphatic carbocycles. The highest BCUT2D eigenvalue weighted by atomic mass is 35.5. The Morgan fingerprint density at radius 2 is 1.81 bits per heavy atom. The minimum atomic E-state index is -0.688. The minimum absolute atomic E-state index is 0.0860. The van der Waals surface area contributed by atoms with Crippen LogP contribution in [0.3, 0.4) is 0 Å². The molecule has 6 nitrogen and oxygen atoms in total. The molecule has 0 spiro atoms. The largest absolute Gasteiger partial charge is 0.507 e. The van der Waals surface area contributed by atoms with Crippen LogP contribution in [0.5, 0.6) is 0 Å². The van der Waals surface area contributed by atoms with E-state index < -0.39 is 17.7 Å². The number of Topliss-reactive ketones (excluding diaryl/α,β-unsaturated/α-hetero) is 1. The Balaban J connectivity index is 1.80. The Morgan fingerprint density at radius 1 is 1.13 bits per heavy atom. The van der Waals surface area contributed by atoms with E-state index in [0.29, 0.717) is 23.7 Å². The van der Waals surface area contributed by atoms with Crippen molar-refractivity contribution in [2.45, 2.75) is 25.0 Å². The second-order valence-electron chi connectivity index (χ2n) is 8.08. The van der Waals surface area contributed by atoms with Crippen LogP contribution in [-0.4, -0.2) is 55.0 Å². The van der Waals surface area contributed by atoms with Crippen molar-refractivity contribution >= 4 is 34.7 Å². The number of nitrogens with zero attached hydrogens (tertiary/aromatic N) is 2. The van der Waals surface area contributed by atoms with Crippen LogP contribution in [0.2, 0.25) is 5.02 Å². The van der Waals surface area contributed by atoms with Crippen LogP contribution in [0, 0.1) is 0 Å². The number of amides is 1. The molecule has 0 unspecified atom stereocenters. The molecule has 2 aromatic rings. The van der Waals surface area contributed by atoms with E-state index in [2.05, 4.69) is 0 Å². The van der Waals surface area contributed by atoms with E-state index in [9.17, 15) is 14.7 Å². The number of carbonyl (C=O) groups excluding carboxylic acids is 2. The smallest absolute Gasteiger partial charge is 0.295 e. The first-order chi connectivity index (χ1) is 14.9. The highest BCUT2D eigenvalue weighted by Crippen LogP contribution is 2.40. The number of ether oxygens (including phenoxy) is 1. The molecule has 2 aromatic carbocycles. The van der Waals surface area contributed by atoms with Gasteiger partial charge in [0, 0.05) is 43.5 Å². The van der Waals surface area contributed by atoms with Gasteiger partial charge in [0.2, 0.25) is 0 Å². The Morgan fingerprint density at radius 3 is 2.39 bits per heavy atom. The van der Waals surface area contributed by atoms with Gasteiger partial charge < -0.3 is 19.6 Å². The van der Waals surface area contributed by atoms with Gasteiger partial charge in [-0.15, -0.1) is 0 Å². The summed E-state index contributed by atoms with van der Waals surface area (Å²) in [5, 5.41) is 11.6. The molecule has 0 bridgehead atoms. The standard InChI is InChI=1S/C24H25ClN2O4/c1-26(2)18-11-7-15(8-12-18)21-20(22(28)16-5-9-17(25)10-6-16)23(29)24(30)27(21)14-19-4-3-13-31-19/h5-12,19,21,28H,3-4,13-14H2,1-2H3/b22-20+/t19-,21+/m0/s1. The molecular weight excluding hydrogens is 416 g/mol. The number of halogens is 1. The SMILES string of the molecule is CN(C)c1ccc([C@@H]2/C(=C(\O)c3ccc(Cl)cc3)C(=O)C(=O)N2C[C@@H]2CCCO2)cc1. The summed E-state index contributed by atoms with van der Waals surface area (Å²) in [6, 6.07) is 13.5. The maximum absolute atomic E-state index is 13.0. The van der Waals surface area contributed by atoms with Crippen LogP contribution < -0.4 is 4.90 Å². The first kappa shape index (κ1) is 21.4. The minimum Gasteiger partial charge on any atom is -0.507 e. The van der Waals surface area contributed by atoms with Gasteiger partial charge in [-0.2, -0.15) is 0 Å². The normalized spacial score (nSPS) is 22.9. The fourth-order valence-corrected chi connectivity index (χ4v) is 4.27. The summed E-state index contributed by atoms with van der Waals surface area (Å²) in [6.07, 6.45) is 1.66. The van der Waals surface area contributed by atoms with Gasteiger partial charge in [0.1, 0.15) is 5.76 Å². The molecule has 2 aliphatic heterocycles. The van der Waals surface area contributed by atoms with E-state index in [1.54, 1.807) is 24.3 Å². The second kappa shape index (κ2) is 8.73. The number of benzene rings is 2. The van der Waals surface area contributed by atoms with Gasteiger partial charge >= 0.3 is 0 Å². The maximum atomic E-state index is 13.0. The van der Waals surface area contributed by atoms with E-state index in [-0.39, 0.29) is 17.4 Å². The second-order valence-corrected chi connectivity index (χ2v) is 8.52. The van der Waals surface area contributed by atoms with Crippen LogP contribution in [0.1, 0.15) is 30.0 Å². The first-order valence-corrected chi connectivity index (χ1v) is 10.7. The average Bonchev–Trinajstić information content (AvgIpc) is 3.36. The number of likely N-dealkylation sites (tertiary alicyclic amines) is 1. The lowest BCUT2D eigenvalue weighted by Gasteiger charge is -2.28. The summed E-state index contributed by atoms with van der Waals surface area (Å²) in [5.74, 6) is -1.51. The van der Waals surface area contributed by atoms with Gasteiger partial charge in [-0.1, -0.05) is 23.7 Å². The van der Waals surface area contributed by atoms with Crippen LogP contribution in [0.4, 0.5) is 5.69 Å². The van der Waals surface area contributed by atoms with Crippen molar-refractivity contribution in [1.29, 1.82) is 0 Å². The number of rotatable bonds is 5. The highest BCUT2D eigenvalue weighted by molar-refractivity contribution is 6.46. The lowest BCUT2D eigenvalue weighted by Crippen LogP contribution is -2.36. The zero-order valence-corrected chi connectivity index (χ0v) is 18.3. The molecule has 2 aliphatic rings. The molecule has 1 N–H and O–H groups in total. The first-order valence-electron chi connectivity index (χ1n) is 10.3. The zero-order valence-electron chi connectivity index (χ0n) is 17.5. The van der Waals surface area contributed by atoms with Crippen molar-refractivity contribution in [3.8, 4) is 0 Å². The van der Waals surface area contributed by atoms with E-state index in [1.807, 2.05) is 43.3 Å².